The summed E-state index contributed by atoms with van der Waals surface area (Å²) in [4.78, 5) is 0. The van der Waals surface area contributed by atoms with Crippen molar-refractivity contribution < 1.29 is 9.47 Å². The van der Waals surface area contributed by atoms with Crippen LogP contribution in [0.25, 0.3) is 0 Å². The summed E-state index contributed by atoms with van der Waals surface area (Å²) in [6.07, 6.45) is 0.885. The first kappa shape index (κ1) is 11.7. The van der Waals surface area contributed by atoms with E-state index in [9.17, 15) is 0 Å². The monoisotopic (exact) mass is 215 g/mol. The van der Waals surface area contributed by atoms with Gasteiger partial charge in [-0.25, -0.2) is 0 Å². The Bertz CT molecular complexity index is 226. The van der Waals surface area contributed by atoms with Crippen molar-refractivity contribution in [2.24, 2.45) is 5.73 Å². The number of nitrogens with two attached hydrogens (primary N) is 1. The molecule has 0 aliphatic rings. The summed E-state index contributed by atoms with van der Waals surface area (Å²) < 4.78 is 10.2. The second kappa shape index (κ2) is 6.95. The summed E-state index contributed by atoms with van der Waals surface area (Å²) in [5, 5.41) is 4.18. The summed E-state index contributed by atoms with van der Waals surface area (Å²) in [6, 6.07) is 2.18. The topological polar surface area (TPSA) is 44.5 Å². The van der Waals surface area contributed by atoms with Gasteiger partial charge >= 0.3 is 0 Å². The zero-order valence-electron chi connectivity index (χ0n) is 8.44. The zero-order valence-corrected chi connectivity index (χ0v) is 9.26. The first-order valence-electron chi connectivity index (χ1n) is 4.66. The summed E-state index contributed by atoms with van der Waals surface area (Å²) >= 11 is 1.70. The van der Waals surface area contributed by atoms with Crippen molar-refractivity contribution >= 4 is 11.3 Å². The van der Waals surface area contributed by atoms with E-state index in [0.29, 0.717) is 19.8 Å². The van der Waals surface area contributed by atoms with Crippen molar-refractivity contribution in [3.05, 3.63) is 22.4 Å². The van der Waals surface area contributed by atoms with Crippen LogP contribution in [0.3, 0.4) is 0 Å². The van der Waals surface area contributed by atoms with Gasteiger partial charge in [0.1, 0.15) is 0 Å². The third-order valence-corrected chi connectivity index (χ3v) is 2.57. The number of hydrogen-bond donors (Lipinski definition) is 1. The lowest BCUT2D eigenvalue weighted by Gasteiger charge is -2.10. The summed E-state index contributed by atoms with van der Waals surface area (Å²) in [7, 11) is 1.66. The van der Waals surface area contributed by atoms with Gasteiger partial charge in [-0.1, -0.05) is 0 Å². The van der Waals surface area contributed by atoms with E-state index in [2.05, 4.69) is 16.8 Å². The fraction of sp³-hybridized carbons (Fsp3) is 0.600. The van der Waals surface area contributed by atoms with Gasteiger partial charge in [0.2, 0.25) is 0 Å². The lowest BCUT2D eigenvalue weighted by molar-refractivity contribution is 0.0637. The summed E-state index contributed by atoms with van der Waals surface area (Å²) in [5.41, 5.74) is 7.18. The highest BCUT2D eigenvalue weighted by atomic mass is 32.1. The fourth-order valence-electron chi connectivity index (χ4n) is 1.15. The highest BCUT2D eigenvalue weighted by molar-refractivity contribution is 7.07. The molecule has 1 atom stereocenters. The van der Waals surface area contributed by atoms with Gasteiger partial charge in [-0.05, 0) is 28.8 Å². The van der Waals surface area contributed by atoms with Crippen LogP contribution in [0.5, 0.6) is 0 Å². The average molecular weight is 215 g/mol. The molecule has 3 nitrogen and oxygen atoms in total. The number of ether oxygens (including phenoxy) is 2. The van der Waals surface area contributed by atoms with E-state index in [4.69, 9.17) is 15.2 Å². The van der Waals surface area contributed by atoms with Gasteiger partial charge in [0.15, 0.2) is 0 Å². The number of methoxy groups -OCH3 is 1. The molecular formula is C10H17NO2S. The van der Waals surface area contributed by atoms with E-state index >= 15 is 0 Å². The second-order valence-electron chi connectivity index (χ2n) is 3.16. The number of rotatable bonds is 7. The van der Waals surface area contributed by atoms with Crippen LogP contribution in [0, 0.1) is 0 Å². The third kappa shape index (κ3) is 4.72. The smallest absolute Gasteiger partial charge is 0.0701 e. The minimum absolute atomic E-state index is 0.0847. The molecule has 0 aromatic carbocycles. The molecule has 0 fully saturated rings. The Hall–Kier alpha value is -0.420. The SMILES string of the molecule is COCCOCC(N)Cc1ccsc1. The molecule has 0 aliphatic carbocycles. The van der Waals surface area contributed by atoms with Crippen LogP contribution in [-0.2, 0) is 15.9 Å². The highest BCUT2D eigenvalue weighted by Gasteiger charge is 2.04. The van der Waals surface area contributed by atoms with E-state index < -0.39 is 0 Å². The van der Waals surface area contributed by atoms with Gasteiger partial charge in [-0.2, -0.15) is 11.3 Å². The second-order valence-corrected chi connectivity index (χ2v) is 3.94. The Kier molecular flexibility index (Phi) is 5.78. The van der Waals surface area contributed by atoms with Crippen LogP contribution in [0.4, 0.5) is 0 Å². The van der Waals surface area contributed by atoms with Crippen LogP contribution in [-0.4, -0.2) is 33.0 Å². The molecule has 80 valence electrons. The molecule has 0 bridgehead atoms. The van der Waals surface area contributed by atoms with Gasteiger partial charge in [-0.15, -0.1) is 0 Å². The van der Waals surface area contributed by atoms with Crippen LogP contribution >= 0.6 is 11.3 Å². The molecule has 4 heteroatoms. The summed E-state index contributed by atoms with van der Waals surface area (Å²) in [5.74, 6) is 0. The van der Waals surface area contributed by atoms with E-state index in [1.165, 1.54) is 5.56 Å². The van der Waals surface area contributed by atoms with Crippen molar-refractivity contribution in [3.63, 3.8) is 0 Å². The molecule has 1 rings (SSSR count). The molecule has 0 aliphatic heterocycles. The fourth-order valence-corrected chi connectivity index (χ4v) is 1.83. The predicted molar refractivity (Wildman–Crippen MR) is 58.7 cm³/mol. The van der Waals surface area contributed by atoms with Crippen molar-refractivity contribution in [1.29, 1.82) is 0 Å². The Balaban J connectivity index is 2.07. The van der Waals surface area contributed by atoms with E-state index in [0.717, 1.165) is 6.42 Å². The standard InChI is InChI=1S/C10H17NO2S/c1-12-3-4-13-7-10(11)6-9-2-5-14-8-9/h2,5,8,10H,3-4,6-7,11H2,1H3. The lowest BCUT2D eigenvalue weighted by Crippen LogP contribution is -2.29. The Morgan fingerprint density at radius 2 is 2.36 bits per heavy atom. The highest BCUT2D eigenvalue weighted by Crippen LogP contribution is 2.07. The molecule has 2 N–H and O–H groups in total. The molecule has 1 aromatic rings. The van der Waals surface area contributed by atoms with Gasteiger partial charge < -0.3 is 15.2 Å². The molecule has 1 unspecified atom stereocenters. The van der Waals surface area contributed by atoms with Gasteiger partial charge in [0, 0.05) is 13.2 Å². The average Bonchev–Trinajstić information content (AvgIpc) is 2.65. The van der Waals surface area contributed by atoms with E-state index in [1.54, 1.807) is 18.4 Å². The Morgan fingerprint density at radius 3 is 3.00 bits per heavy atom. The summed E-state index contributed by atoms with van der Waals surface area (Å²) in [6.45, 7) is 1.85. The zero-order chi connectivity index (χ0) is 10.2. The molecule has 0 spiro atoms. The molecule has 0 radical (unpaired) electrons. The first-order chi connectivity index (χ1) is 6.83. The quantitative estimate of drug-likeness (QED) is 0.697. The van der Waals surface area contributed by atoms with Gasteiger partial charge in [0.05, 0.1) is 19.8 Å². The van der Waals surface area contributed by atoms with E-state index in [1.807, 2.05) is 0 Å². The third-order valence-electron chi connectivity index (χ3n) is 1.84. The predicted octanol–water partition coefficient (Wildman–Crippen LogP) is 1.28. The maximum Gasteiger partial charge on any atom is 0.0701 e. The Morgan fingerprint density at radius 1 is 1.50 bits per heavy atom. The number of thiophene rings is 1. The molecule has 0 saturated carbocycles. The maximum atomic E-state index is 5.89. The maximum absolute atomic E-state index is 5.89. The molecule has 14 heavy (non-hydrogen) atoms. The molecule has 0 saturated heterocycles. The minimum Gasteiger partial charge on any atom is -0.382 e. The lowest BCUT2D eigenvalue weighted by atomic mass is 10.1. The van der Waals surface area contributed by atoms with Gasteiger partial charge in [0.25, 0.3) is 0 Å². The molecular weight excluding hydrogens is 198 g/mol. The van der Waals surface area contributed by atoms with Crippen LogP contribution in [0.15, 0.2) is 16.8 Å². The van der Waals surface area contributed by atoms with E-state index in [-0.39, 0.29) is 6.04 Å². The van der Waals surface area contributed by atoms with Crippen LogP contribution in [0.1, 0.15) is 5.56 Å². The van der Waals surface area contributed by atoms with Gasteiger partial charge in [-0.3, -0.25) is 0 Å². The van der Waals surface area contributed by atoms with Crippen molar-refractivity contribution in [1.82, 2.24) is 0 Å². The van der Waals surface area contributed by atoms with Crippen molar-refractivity contribution in [2.45, 2.75) is 12.5 Å². The Labute approximate surface area is 88.8 Å². The van der Waals surface area contributed by atoms with Crippen LogP contribution < -0.4 is 5.73 Å². The minimum atomic E-state index is 0.0847. The molecule has 1 heterocycles. The van der Waals surface area contributed by atoms with Crippen molar-refractivity contribution in [3.8, 4) is 0 Å². The normalized spacial score (nSPS) is 13.0. The first-order valence-corrected chi connectivity index (χ1v) is 5.60. The largest absolute Gasteiger partial charge is 0.382 e. The van der Waals surface area contributed by atoms with Crippen LogP contribution in [0.2, 0.25) is 0 Å². The number of hydrogen-bond acceptors (Lipinski definition) is 4. The van der Waals surface area contributed by atoms with Crippen molar-refractivity contribution in [2.75, 3.05) is 26.9 Å². The molecule has 1 aromatic heterocycles. The molecule has 0 amide bonds.